The number of nitrogens with zero attached hydrogens (tertiary/aromatic N) is 6. The molecule has 2 N–H and O–H groups in total. The molecule has 4 heterocycles. The molecule has 0 amide bonds. The summed E-state index contributed by atoms with van der Waals surface area (Å²) in [7, 11) is 1.64. The predicted octanol–water partition coefficient (Wildman–Crippen LogP) is 0.281. The highest BCUT2D eigenvalue weighted by Crippen LogP contribution is 2.25. The average molecular weight is 500 g/mol. The third kappa shape index (κ3) is 4.65. The van der Waals surface area contributed by atoms with Crippen molar-refractivity contribution in [2.45, 2.75) is 24.4 Å². The van der Waals surface area contributed by atoms with E-state index in [-0.39, 0.29) is 0 Å². The summed E-state index contributed by atoms with van der Waals surface area (Å²) in [5.74, 6) is 1.46. The number of thioether (sulfide) groups is 1. The maximum Gasteiger partial charge on any atom is 0.329 e. The molecular weight excluding hydrogens is 472 g/mol. The standard InChI is InChI=1S/C22H26N8O2S2/c1-15-25-26-22(34-15)33-13-12-30-17-18(27(2)21(32)24-19(17)31)23-20(30)29-10-8-28(9-11-29)14-16-6-4-3-5-7-16/h3-7H,8-14H2,1-2H3,(H,24,31,32)/p+1. The number of anilines is 1. The van der Waals surface area contributed by atoms with Gasteiger partial charge in [0.1, 0.15) is 11.6 Å². The van der Waals surface area contributed by atoms with Crippen molar-refractivity contribution in [3.63, 3.8) is 0 Å². The molecule has 1 aromatic carbocycles. The first-order valence-electron chi connectivity index (χ1n) is 11.2. The summed E-state index contributed by atoms with van der Waals surface area (Å²) in [5, 5.41) is 9.18. The van der Waals surface area contributed by atoms with E-state index in [0.29, 0.717) is 23.5 Å². The minimum absolute atomic E-state index is 0.401. The predicted molar refractivity (Wildman–Crippen MR) is 134 cm³/mol. The van der Waals surface area contributed by atoms with Crippen LogP contribution >= 0.6 is 23.1 Å². The molecule has 1 aliphatic rings. The summed E-state index contributed by atoms with van der Waals surface area (Å²) in [6.45, 7) is 7.13. The summed E-state index contributed by atoms with van der Waals surface area (Å²) in [6.07, 6.45) is 0. The van der Waals surface area contributed by atoms with E-state index in [0.717, 1.165) is 48.0 Å². The molecule has 1 saturated heterocycles. The van der Waals surface area contributed by atoms with Crippen LogP contribution in [0.25, 0.3) is 11.2 Å². The lowest BCUT2D eigenvalue weighted by Crippen LogP contribution is -3.13. The highest BCUT2D eigenvalue weighted by molar-refractivity contribution is 8.01. The van der Waals surface area contributed by atoms with Gasteiger partial charge in [-0.05, 0) is 6.92 Å². The van der Waals surface area contributed by atoms with E-state index >= 15 is 0 Å². The topological polar surface area (TPSA) is 106 Å². The average Bonchev–Trinajstić information content (AvgIpc) is 3.43. The number of hydrogen-bond donors (Lipinski definition) is 2. The molecule has 12 heteroatoms. The van der Waals surface area contributed by atoms with Gasteiger partial charge in [-0.2, -0.15) is 4.98 Å². The molecule has 0 spiro atoms. The molecule has 34 heavy (non-hydrogen) atoms. The summed E-state index contributed by atoms with van der Waals surface area (Å²) in [4.78, 5) is 35.9. The molecule has 178 valence electrons. The van der Waals surface area contributed by atoms with E-state index in [4.69, 9.17) is 4.98 Å². The minimum Gasteiger partial charge on any atom is -0.331 e. The largest absolute Gasteiger partial charge is 0.331 e. The van der Waals surface area contributed by atoms with Gasteiger partial charge in [0.2, 0.25) is 5.95 Å². The Kier molecular flexibility index (Phi) is 6.53. The van der Waals surface area contributed by atoms with E-state index in [2.05, 4.69) is 44.3 Å². The Morgan fingerprint density at radius 3 is 2.62 bits per heavy atom. The molecule has 0 saturated carbocycles. The summed E-state index contributed by atoms with van der Waals surface area (Å²) < 4.78 is 4.27. The van der Waals surface area contributed by atoms with Gasteiger partial charge in [-0.1, -0.05) is 53.4 Å². The molecule has 10 nitrogen and oxygen atoms in total. The lowest BCUT2D eigenvalue weighted by atomic mass is 10.2. The molecule has 3 aromatic heterocycles. The van der Waals surface area contributed by atoms with Crippen molar-refractivity contribution in [3.8, 4) is 0 Å². The van der Waals surface area contributed by atoms with Crippen LogP contribution in [-0.4, -0.2) is 61.2 Å². The van der Waals surface area contributed by atoms with Crippen molar-refractivity contribution in [2.75, 3.05) is 36.8 Å². The number of benzene rings is 1. The van der Waals surface area contributed by atoms with Crippen LogP contribution in [-0.2, 0) is 20.1 Å². The second-order valence-electron chi connectivity index (χ2n) is 8.39. The second kappa shape index (κ2) is 9.72. The van der Waals surface area contributed by atoms with E-state index < -0.39 is 11.2 Å². The van der Waals surface area contributed by atoms with Crippen LogP contribution in [0, 0.1) is 6.92 Å². The Labute approximate surface area is 204 Å². The molecule has 5 rings (SSSR count). The zero-order valence-corrected chi connectivity index (χ0v) is 20.8. The van der Waals surface area contributed by atoms with Gasteiger partial charge in [0.15, 0.2) is 15.5 Å². The van der Waals surface area contributed by atoms with Crippen LogP contribution in [0.2, 0.25) is 0 Å². The van der Waals surface area contributed by atoms with Crippen LogP contribution in [0.5, 0.6) is 0 Å². The maximum atomic E-state index is 12.8. The van der Waals surface area contributed by atoms with Gasteiger partial charge in [0, 0.05) is 24.9 Å². The molecular formula is C22H27N8O2S2+. The van der Waals surface area contributed by atoms with E-state index in [1.807, 2.05) is 17.6 Å². The molecule has 0 unspecified atom stereocenters. The first kappa shape index (κ1) is 22.8. The van der Waals surface area contributed by atoms with Crippen LogP contribution < -0.4 is 21.0 Å². The Hall–Kier alpha value is -2.96. The SMILES string of the molecule is Cc1nnc(SCCn2c(N3CC[NH+](Cc4ccccc4)CC3)nc3c2c(=O)[nH]c(=O)n3C)s1. The van der Waals surface area contributed by atoms with Gasteiger partial charge < -0.3 is 14.4 Å². The number of aromatic amines is 1. The number of aryl methyl sites for hydroxylation is 3. The molecule has 0 atom stereocenters. The monoisotopic (exact) mass is 499 g/mol. The Bertz CT molecular complexity index is 1400. The molecule has 0 radical (unpaired) electrons. The van der Waals surface area contributed by atoms with Crippen molar-refractivity contribution >= 4 is 40.2 Å². The number of fused-ring (bicyclic) bond motifs is 1. The summed E-state index contributed by atoms with van der Waals surface area (Å²) in [5.41, 5.74) is 1.33. The lowest BCUT2D eigenvalue weighted by Gasteiger charge is -2.33. The summed E-state index contributed by atoms with van der Waals surface area (Å²) in [6, 6.07) is 10.5. The summed E-state index contributed by atoms with van der Waals surface area (Å²) >= 11 is 3.17. The van der Waals surface area contributed by atoms with Crippen LogP contribution in [0.3, 0.4) is 0 Å². The van der Waals surface area contributed by atoms with E-state index in [1.165, 1.54) is 15.0 Å². The van der Waals surface area contributed by atoms with Gasteiger partial charge in [0.25, 0.3) is 5.56 Å². The van der Waals surface area contributed by atoms with Gasteiger partial charge in [-0.15, -0.1) is 10.2 Å². The van der Waals surface area contributed by atoms with Gasteiger partial charge in [-0.3, -0.25) is 14.3 Å². The van der Waals surface area contributed by atoms with Crippen molar-refractivity contribution < 1.29 is 4.90 Å². The Balaban J connectivity index is 1.39. The van der Waals surface area contributed by atoms with E-state index in [1.54, 1.807) is 30.1 Å². The van der Waals surface area contributed by atoms with Crippen LogP contribution in [0.15, 0.2) is 44.3 Å². The number of quaternary nitrogens is 1. The normalized spacial score (nSPS) is 14.8. The van der Waals surface area contributed by atoms with Crippen molar-refractivity contribution in [2.24, 2.45) is 7.05 Å². The van der Waals surface area contributed by atoms with Gasteiger partial charge >= 0.3 is 5.69 Å². The van der Waals surface area contributed by atoms with Crippen LogP contribution in [0.1, 0.15) is 10.6 Å². The number of hydrogen-bond acceptors (Lipinski definition) is 8. The lowest BCUT2D eigenvalue weighted by molar-refractivity contribution is -0.914. The Morgan fingerprint density at radius 2 is 1.91 bits per heavy atom. The second-order valence-corrected chi connectivity index (χ2v) is 10.9. The first-order chi connectivity index (χ1) is 16.5. The third-order valence-electron chi connectivity index (χ3n) is 6.09. The molecule has 1 fully saturated rings. The number of rotatable bonds is 7. The first-order valence-corrected chi connectivity index (χ1v) is 13.0. The smallest absolute Gasteiger partial charge is 0.329 e. The van der Waals surface area contributed by atoms with Gasteiger partial charge in [-0.25, -0.2) is 4.79 Å². The number of piperazine rings is 1. The molecule has 0 aliphatic carbocycles. The Morgan fingerprint density at radius 1 is 1.15 bits per heavy atom. The fraction of sp³-hybridized carbons (Fsp3) is 0.409. The van der Waals surface area contributed by atoms with Crippen molar-refractivity contribution in [3.05, 3.63) is 61.7 Å². The van der Waals surface area contributed by atoms with Crippen molar-refractivity contribution in [1.82, 2.24) is 29.3 Å². The number of nitrogens with one attached hydrogen (secondary N) is 2. The number of H-pyrrole nitrogens is 1. The third-order valence-corrected chi connectivity index (χ3v) is 8.04. The minimum atomic E-state index is -0.454. The van der Waals surface area contributed by atoms with Crippen molar-refractivity contribution in [1.29, 1.82) is 0 Å². The molecule has 1 aliphatic heterocycles. The highest BCUT2D eigenvalue weighted by atomic mass is 32.2. The number of aromatic nitrogens is 6. The van der Waals surface area contributed by atoms with Crippen LogP contribution in [0.4, 0.5) is 5.95 Å². The van der Waals surface area contributed by atoms with E-state index in [9.17, 15) is 9.59 Å². The molecule has 4 aromatic rings. The fourth-order valence-electron chi connectivity index (χ4n) is 4.32. The highest BCUT2D eigenvalue weighted by Gasteiger charge is 2.26. The van der Waals surface area contributed by atoms with Gasteiger partial charge in [0.05, 0.1) is 26.2 Å². The molecule has 0 bridgehead atoms. The fourth-order valence-corrected chi connectivity index (χ4v) is 6.13. The number of imidazole rings is 1. The zero-order valence-electron chi connectivity index (χ0n) is 19.2. The maximum absolute atomic E-state index is 12.8. The zero-order chi connectivity index (χ0) is 23.7. The quantitative estimate of drug-likeness (QED) is 0.352.